The van der Waals surface area contributed by atoms with E-state index in [2.05, 4.69) is 40.1 Å². The Labute approximate surface area is 136 Å². The number of hydrogen-bond acceptors (Lipinski definition) is 4. The number of rotatable bonds is 7. The van der Waals surface area contributed by atoms with E-state index in [0.29, 0.717) is 22.8 Å². The Morgan fingerprint density at radius 2 is 2.00 bits per heavy atom. The molecule has 0 fully saturated rings. The number of pyridine rings is 1. The van der Waals surface area contributed by atoms with Gasteiger partial charge in [-0.15, -0.1) is 0 Å². The van der Waals surface area contributed by atoms with Gasteiger partial charge in [0.15, 0.2) is 0 Å². The minimum Gasteiger partial charge on any atom is -0.369 e. The first-order valence-electron chi connectivity index (χ1n) is 7.07. The van der Waals surface area contributed by atoms with Crippen molar-refractivity contribution in [1.29, 1.82) is 0 Å². The van der Waals surface area contributed by atoms with Gasteiger partial charge in [-0.05, 0) is 48.2 Å². The van der Waals surface area contributed by atoms with E-state index in [1.165, 1.54) is 4.31 Å². The molecule has 1 rings (SSSR count). The molecule has 0 saturated carbocycles. The maximum absolute atomic E-state index is 12.8. The van der Waals surface area contributed by atoms with Gasteiger partial charge in [-0.2, -0.15) is 4.31 Å². The highest BCUT2D eigenvalue weighted by molar-refractivity contribution is 9.10. The van der Waals surface area contributed by atoms with Crippen LogP contribution in [-0.2, 0) is 10.0 Å². The van der Waals surface area contributed by atoms with E-state index in [9.17, 15) is 8.42 Å². The fourth-order valence-corrected chi connectivity index (χ4v) is 4.14. The highest BCUT2D eigenvalue weighted by Gasteiger charge is 2.29. The molecule has 1 atom stereocenters. The Hall–Kier alpha value is -0.660. The van der Waals surface area contributed by atoms with E-state index in [1.807, 2.05) is 13.8 Å². The maximum atomic E-state index is 12.8. The zero-order valence-electron chi connectivity index (χ0n) is 13.2. The van der Waals surface area contributed by atoms with E-state index >= 15 is 0 Å². The van der Waals surface area contributed by atoms with Gasteiger partial charge in [-0.1, -0.05) is 13.8 Å². The summed E-state index contributed by atoms with van der Waals surface area (Å²) >= 11 is 3.29. The molecule has 0 aliphatic heterocycles. The van der Waals surface area contributed by atoms with Gasteiger partial charge in [0.05, 0.1) is 0 Å². The van der Waals surface area contributed by atoms with E-state index in [-0.39, 0.29) is 10.9 Å². The number of sulfonamides is 1. The Kier molecular flexibility index (Phi) is 6.62. The molecule has 0 radical (unpaired) electrons. The molecule has 0 aliphatic rings. The smallest absolute Gasteiger partial charge is 0.246 e. The first kappa shape index (κ1) is 18.4. The summed E-state index contributed by atoms with van der Waals surface area (Å²) in [6, 6.07) is 1.53. The van der Waals surface area contributed by atoms with Crippen molar-refractivity contribution in [3.05, 3.63) is 16.7 Å². The van der Waals surface area contributed by atoms with Crippen LogP contribution in [0.4, 0.5) is 5.82 Å². The molecule has 0 spiro atoms. The zero-order valence-corrected chi connectivity index (χ0v) is 15.6. The molecule has 0 bridgehead atoms. The van der Waals surface area contributed by atoms with Gasteiger partial charge in [-0.25, -0.2) is 13.4 Å². The molecular weight excluding hydrogens is 354 g/mol. The lowest BCUT2D eigenvalue weighted by atomic mass is 10.1. The molecule has 120 valence electrons. The van der Waals surface area contributed by atoms with Crippen LogP contribution < -0.4 is 5.32 Å². The predicted octanol–water partition coefficient (Wildman–Crippen LogP) is 3.33. The van der Waals surface area contributed by atoms with Gasteiger partial charge in [0.1, 0.15) is 10.7 Å². The number of hydrogen-bond donors (Lipinski definition) is 1. The number of anilines is 1. The number of halogens is 1. The van der Waals surface area contributed by atoms with E-state index < -0.39 is 10.0 Å². The van der Waals surface area contributed by atoms with Crippen LogP contribution in [0.15, 0.2) is 21.6 Å². The lowest BCUT2D eigenvalue weighted by Crippen LogP contribution is -2.36. The molecule has 1 aromatic heterocycles. The van der Waals surface area contributed by atoms with Crippen molar-refractivity contribution in [3.63, 3.8) is 0 Å². The second-order valence-corrected chi connectivity index (χ2v) is 8.41. The van der Waals surface area contributed by atoms with Crippen molar-refractivity contribution in [2.24, 2.45) is 5.92 Å². The van der Waals surface area contributed by atoms with E-state index in [0.717, 1.165) is 6.42 Å². The fourth-order valence-electron chi connectivity index (χ4n) is 2.14. The third kappa shape index (κ3) is 4.66. The number of nitrogens with one attached hydrogen (secondary N) is 1. The molecule has 0 aromatic carbocycles. The molecule has 0 aliphatic carbocycles. The predicted molar refractivity (Wildman–Crippen MR) is 90.0 cm³/mol. The largest absolute Gasteiger partial charge is 0.369 e. The van der Waals surface area contributed by atoms with E-state index in [1.54, 1.807) is 19.3 Å². The van der Waals surface area contributed by atoms with Gasteiger partial charge < -0.3 is 5.32 Å². The fraction of sp³-hybridized carbons (Fsp3) is 0.643. The summed E-state index contributed by atoms with van der Waals surface area (Å²) in [6.07, 6.45) is 2.41. The number of aromatic nitrogens is 1. The van der Waals surface area contributed by atoms with Gasteiger partial charge in [0, 0.05) is 30.3 Å². The molecule has 0 amide bonds. The van der Waals surface area contributed by atoms with Gasteiger partial charge >= 0.3 is 0 Å². The van der Waals surface area contributed by atoms with Crippen LogP contribution in [0.25, 0.3) is 0 Å². The molecule has 1 unspecified atom stereocenters. The van der Waals surface area contributed by atoms with Crippen LogP contribution in [0.5, 0.6) is 0 Å². The molecule has 7 heteroatoms. The standard InChI is InChI=1S/C14H24BrN3O2S/c1-6-16-14-13(8-12(15)9-17-14)21(19,20)18(5)11(4)7-10(2)3/h8-11H,6-7H2,1-5H3,(H,16,17). The summed E-state index contributed by atoms with van der Waals surface area (Å²) in [7, 11) is -1.96. The first-order valence-corrected chi connectivity index (χ1v) is 9.30. The summed E-state index contributed by atoms with van der Waals surface area (Å²) in [5, 5.41) is 3.01. The second kappa shape index (κ2) is 7.56. The third-order valence-corrected chi connectivity index (χ3v) is 5.67. The third-order valence-electron chi connectivity index (χ3n) is 3.25. The minimum absolute atomic E-state index is 0.0662. The van der Waals surface area contributed by atoms with Gasteiger partial charge in [-0.3, -0.25) is 0 Å². The monoisotopic (exact) mass is 377 g/mol. The van der Waals surface area contributed by atoms with Crippen molar-refractivity contribution in [3.8, 4) is 0 Å². The summed E-state index contributed by atoms with van der Waals surface area (Å²) in [4.78, 5) is 4.38. The highest BCUT2D eigenvalue weighted by Crippen LogP contribution is 2.27. The quantitative estimate of drug-likeness (QED) is 0.791. The summed E-state index contributed by atoms with van der Waals surface area (Å²) in [5.74, 6) is 0.829. The molecule has 21 heavy (non-hydrogen) atoms. The van der Waals surface area contributed by atoms with Crippen molar-refractivity contribution < 1.29 is 8.42 Å². The molecule has 5 nitrogen and oxygen atoms in total. The summed E-state index contributed by atoms with van der Waals surface area (Å²) in [6.45, 7) is 8.62. The van der Waals surface area contributed by atoms with Crippen molar-refractivity contribution in [1.82, 2.24) is 9.29 Å². The molecular formula is C14H24BrN3O2S. The van der Waals surface area contributed by atoms with Crippen LogP contribution in [-0.4, -0.2) is 37.3 Å². The Morgan fingerprint density at radius 3 is 2.52 bits per heavy atom. The highest BCUT2D eigenvalue weighted by atomic mass is 79.9. The van der Waals surface area contributed by atoms with Crippen LogP contribution in [0.3, 0.4) is 0 Å². The van der Waals surface area contributed by atoms with Crippen LogP contribution >= 0.6 is 15.9 Å². The summed E-state index contributed by atoms with van der Waals surface area (Å²) in [5.41, 5.74) is 0. The molecule has 1 heterocycles. The topological polar surface area (TPSA) is 62.3 Å². The molecule has 0 saturated heterocycles. The first-order chi connectivity index (χ1) is 9.70. The average molecular weight is 378 g/mol. The van der Waals surface area contributed by atoms with Gasteiger partial charge in [0.2, 0.25) is 10.0 Å². The van der Waals surface area contributed by atoms with Crippen LogP contribution in [0, 0.1) is 5.92 Å². The van der Waals surface area contributed by atoms with Crippen molar-refractivity contribution >= 4 is 31.8 Å². The van der Waals surface area contributed by atoms with Crippen molar-refractivity contribution in [2.45, 2.75) is 45.1 Å². The second-order valence-electron chi connectivity index (χ2n) is 5.53. The number of nitrogens with zero attached hydrogens (tertiary/aromatic N) is 2. The lowest BCUT2D eigenvalue weighted by Gasteiger charge is -2.26. The summed E-state index contributed by atoms with van der Waals surface area (Å²) < 4.78 is 27.7. The van der Waals surface area contributed by atoms with E-state index in [4.69, 9.17) is 0 Å². The molecule has 1 N–H and O–H groups in total. The molecule has 1 aromatic rings. The average Bonchev–Trinajstić information content (AvgIpc) is 2.39. The normalized spacial score (nSPS) is 13.7. The Balaban J connectivity index is 3.20. The zero-order chi connectivity index (χ0) is 16.2. The van der Waals surface area contributed by atoms with Gasteiger partial charge in [0.25, 0.3) is 0 Å². The Bertz CT molecular complexity index is 576. The van der Waals surface area contributed by atoms with Crippen LogP contribution in [0.2, 0.25) is 0 Å². The Morgan fingerprint density at radius 1 is 1.38 bits per heavy atom. The van der Waals surface area contributed by atoms with Crippen molar-refractivity contribution in [2.75, 3.05) is 18.9 Å². The lowest BCUT2D eigenvalue weighted by molar-refractivity contribution is 0.338. The minimum atomic E-state index is -3.58. The maximum Gasteiger partial charge on any atom is 0.246 e. The SMILES string of the molecule is CCNc1ncc(Br)cc1S(=O)(=O)N(C)C(C)CC(C)C. The van der Waals surface area contributed by atoms with Crippen LogP contribution in [0.1, 0.15) is 34.1 Å².